The van der Waals surface area contributed by atoms with E-state index in [4.69, 9.17) is 10.5 Å². The maximum Gasteiger partial charge on any atom is 0.248 e. The van der Waals surface area contributed by atoms with Gasteiger partial charge in [0.05, 0.1) is 12.2 Å². The normalized spacial score (nSPS) is 10.2. The quantitative estimate of drug-likeness (QED) is 0.648. The molecular formula is C19H18N4O2. The third-order valence-corrected chi connectivity index (χ3v) is 3.55. The SMILES string of the molecule is NC(=O)c1ccc(-c2cc(NCCOc3ccccc3)ncn2)cc1. The highest BCUT2D eigenvalue weighted by Gasteiger charge is 2.04. The van der Waals surface area contributed by atoms with E-state index in [1.807, 2.05) is 48.5 Å². The first kappa shape index (κ1) is 16.4. The molecule has 0 unspecified atom stereocenters. The average molecular weight is 334 g/mol. The van der Waals surface area contributed by atoms with Crippen LogP contribution >= 0.6 is 0 Å². The molecule has 0 saturated carbocycles. The topological polar surface area (TPSA) is 90.1 Å². The van der Waals surface area contributed by atoms with E-state index >= 15 is 0 Å². The van der Waals surface area contributed by atoms with Gasteiger partial charge in [0.25, 0.3) is 0 Å². The number of nitrogens with zero attached hydrogens (tertiary/aromatic N) is 2. The van der Waals surface area contributed by atoms with E-state index in [0.717, 1.165) is 17.0 Å². The fourth-order valence-corrected chi connectivity index (χ4v) is 2.28. The summed E-state index contributed by atoms with van der Waals surface area (Å²) < 4.78 is 5.63. The van der Waals surface area contributed by atoms with Crippen molar-refractivity contribution >= 4 is 11.7 Å². The van der Waals surface area contributed by atoms with Crippen LogP contribution in [0, 0.1) is 0 Å². The van der Waals surface area contributed by atoms with Gasteiger partial charge in [0.15, 0.2) is 0 Å². The smallest absolute Gasteiger partial charge is 0.248 e. The molecule has 3 N–H and O–H groups in total. The number of hydrogen-bond donors (Lipinski definition) is 2. The molecule has 0 atom stereocenters. The Bertz CT molecular complexity index is 836. The van der Waals surface area contributed by atoms with Crippen LogP contribution in [-0.4, -0.2) is 29.0 Å². The van der Waals surface area contributed by atoms with Crippen LogP contribution in [0.4, 0.5) is 5.82 Å². The lowest BCUT2D eigenvalue weighted by molar-refractivity contribution is 0.100. The van der Waals surface area contributed by atoms with Crippen molar-refractivity contribution in [3.63, 3.8) is 0 Å². The largest absolute Gasteiger partial charge is 0.492 e. The van der Waals surface area contributed by atoms with Gasteiger partial charge in [-0.05, 0) is 24.3 Å². The second-order valence-electron chi connectivity index (χ2n) is 5.32. The Morgan fingerprint density at radius 2 is 1.80 bits per heavy atom. The Balaban J connectivity index is 1.58. The van der Waals surface area contributed by atoms with Gasteiger partial charge in [0.1, 0.15) is 24.5 Å². The number of rotatable bonds is 7. The van der Waals surface area contributed by atoms with Crippen LogP contribution in [0.25, 0.3) is 11.3 Å². The maximum absolute atomic E-state index is 11.1. The first-order valence-corrected chi connectivity index (χ1v) is 7.86. The first-order valence-electron chi connectivity index (χ1n) is 7.86. The molecule has 2 aromatic carbocycles. The standard InChI is InChI=1S/C19H18N4O2/c20-19(24)15-8-6-14(7-9-15)17-12-18(23-13-22-17)21-10-11-25-16-4-2-1-3-5-16/h1-9,12-13H,10-11H2,(H2,20,24)(H,21,22,23). The summed E-state index contributed by atoms with van der Waals surface area (Å²) >= 11 is 0. The van der Waals surface area contributed by atoms with Gasteiger partial charge >= 0.3 is 0 Å². The Kier molecular flexibility index (Phi) is 5.21. The molecule has 6 nitrogen and oxygen atoms in total. The molecule has 0 fully saturated rings. The van der Waals surface area contributed by atoms with Crippen LogP contribution in [0.15, 0.2) is 67.0 Å². The first-order chi connectivity index (χ1) is 12.2. The molecule has 0 spiro atoms. The molecule has 3 aromatic rings. The number of nitrogens with two attached hydrogens (primary N) is 1. The summed E-state index contributed by atoms with van der Waals surface area (Å²) in [4.78, 5) is 19.6. The van der Waals surface area contributed by atoms with Crippen LogP contribution in [0.2, 0.25) is 0 Å². The van der Waals surface area contributed by atoms with Crippen molar-refractivity contribution in [1.82, 2.24) is 9.97 Å². The molecule has 0 radical (unpaired) electrons. The van der Waals surface area contributed by atoms with E-state index in [9.17, 15) is 4.79 Å². The summed E-state index contributed by atoms with van der Waals surface area (Å²) in [6.07, 6.45) is 1.50. The van der Waals surface area contributed by atoms with Gasteiger partial charge < -0.3 is 15.8 Å². The summed E-state index contributed by atoms with van der Waals surface area (Å²) in [5.41, 5.74) is 7.36. The molecule has 1 amide bonds. The number of primary amides is 1. The zero-order chi connectivity index (χ0) is 17.5. The van der Waals surface area contributed by atoms with E-state index in [1.54, 1.807) is 12.1 Å². The number of amides is 1. The van der Waals surface area contributed by atoms with Crippen molar-refractivity contribution in [3.05, 3.63) is 72.6 Å². The lowest BCUT2D eigenvalue weighted by atomic mass is 10.1. The number of benzene rings is 2. The van der Waals surface area contributed by atoms with Crippen LogP contribution in [0.5, 0.6) is 5.75 Å². The van der Waals surface area contributed by atoms with Crippen molar-refractivity contribution in [2.75, 3.05) is 18.5 Å². The van der Waals surface area contributed by atoms with Gasteiger partial charge in [-0.3, -0.25) is 4.79 Å². The Labute approximate surface area is 145 Å². The average Bonchev–Trinajstić information content (AvgIpc) is 2.66. The van der Waals surface area contributed by atoms with Gasteiger partial charge in [-0.2, -0.15) is 0 Å². The minimum Gasteiger partial charge on any atom is -0.492 e. The van der Waals surface area contributed by atoms with E-state index in [2.05, 4.69) is 15.3 Å². The molecular weight excluding hydrogens is 316 g/mol. The summed E-state index contributed by atoms with van der Waals surface area (Å²) in [7, 11) is 0. The molecule has 1 heterocycles. The summed E-state index contributed by atoms with van der Waals surface area (Å²) in [5, 5.41) is 3.20. The molecule has 1 aromatic heterocycles. The fourth-order valence-electron chi connectivity index (χ4n) is 2.28. The van der Waals surface area contributed by atoms with Crippen LogP contribution in [0.1, 0.15) is 10.4 Å². The van der Waals surface area contributed by atoms with E-state index in [1.165, 1.54) is 6.33 Å². The molecule has 0 aliphatic carbocycles. The number of carbonyl (C=O) groups excluding carboxylic acids is 1. The number of aromatic nitrogens is 2. The number of para-hydroxylation sites is 1. The van der Waals surface area contributed by atoms with Crippen molar-refractivity contribution in [2.45, 2.75) is 0 Å². The van der Waals surface area contributed by atoms with Crippen LogP contribution in [0.3, 0.4) is 0 Å². The number of hydrogen-bond acceptors (Lipinski definition) is 5. The Morgan fingerprint density at radius 1 is 1.04 bits per heavy atom. The molecule has 3 rings (SSSR count). The molecule has 25 heavy (non-hydrogen) atoms. The van der Waals surface area contributed by atoms with E-state index in [0.29, 0.717) is 24.5 Å². The number of ether oxygens (including phenoxy) is 1. The van der Waals surface area contributed by atoms with E-state index < -0.39 is 5.91 Å². The zero-order valence-electron chi connectivity index (χ0n) is 13.6. The zero-order valence-corrected chi connectivity index (χ0v) is 13.6. The molecule has 126 valence electrons. The lowest BCUT2D eigenvalue weighted by Gasteiger charge is -2.09. The van der Waals surface area contributed by atoms with Gasteiger partial charge in [0, 0.05) is 17.2 Å². The molecule has 0 aliphatic heterocycles. The summed E-state index contributed by atoms with van der Waals surface area (Å²) in [6.45, 7) is 1.14. The fraction of sp³-hybridized carbons (Fsp3) is 0.105. The predicted octanol–water partition coefficient (Wildman–Crippen LogP) is 2.73. The van der Waals surface area contributed by atoms with Crippen LogP contribution in [-0.2, 0) is 0 Å². The van der Waals surface area contributed by atoms with Gasteiger partial charge in [-0.1, -0.05) is 30.3 Å². The Morgan fingerprint density at radius 3 is 2.52 bits per heavy atom. The Hall–Kier alpha value is -3.41. The predicted molar refractivity (Wildman–Crippen MR) is 96.4 cm³/mol. The highest BCUT2D eigenvalue weighted by atomic mass is 16.5. The number of nitrogens with one attached hydrogen (secondary N) is 1. The highest BCUT2D eigenvalue weighted by molar-refractivity contribution is 5.93. The van der Waals surface area contributed by atoms with Crippen LogP contribution < -0.4 is 15.8 Å². The highest BCUT2D eigenvalue weighted by Crippen LogP contribution is 2.19. The third-order valence-electron chi connectivity index (χ3n) is 3.55. The molecule has 0 saturated heterocycles. The minimum atomic E-state index is -0.449. The van der Waals surface area contributed by atoms with Crippen molar-refractivity contribution < 1.29 is 9.53 Å². The van der Waals surface area contributed by atoms with Crippen molar-refractivity contribution in [2.24, 2.45) is 5.73 Å². The monoisotopic (exact) mass is 334 g/mol. The van der Waals surface area contributed by atoms with Gasteiger partial charge in [0.2, 0.25) is 5.91 Å². The second-order valence-corrected chi connectivity index (χ2v) is 5.32. The summed E-state index contributed by atoms with van der Waals surface area (Å²) in [6, 6.07) is 18.5. The van der Waals surface area contributed by atoms with Gasteiger partial charge in [-0.25, -0.2) is 9.97 Å². The summed E-state index contributed by atoms with van der Waals surface area (Å²) in [5.74, 6) is 1.10. The molecule has 0 bridgehead atoms. The number of carbonyl (C=O) groups is 1. The minimum absolute atomic E-state index is 0.449. The third kappa shape index (κ3) is 4.54. The van der Waals surface area contributed by atoms with E-state index in [-0.39, 0.29) is 0 Å². The maximum atomic E-state index is 11.1. The lowest BCUT2D eigenvalue weighted by Crippen LogP contribution is -2.12. The molecule has 0 aliphatic rings. The van der Waals surface area contributed by atoms with Crippen molar-refractivity contribution in [3.8, 4) is 17.0 Å². The van der Waals surface area contributed by atoms with Gasteiger partial charge in [-0.15, -0.1) is 0 Å². The number of anilines is 1. The second kappa shape index (κ2) is 7.92. The van der Waals surface area contributed by atoms with Crippen molar-refractivity contribution in [1.29, 1.82) is 0 Å². The molecule has 6 heteroatoms.